The van der Waals surface area contributed by atoms with Gasteiger partial charge in [-0.05, 0) is 36.6 Å². The fraction of sp³-hybridized carbons (Fsp3) is 0.316. The summed E-state index contributed by atoms with van der Waals surface area (Å²) in [6.07, 6.45) is -0.462. The van der Waals surface area contributed by atoms with Crippen LogP contribution in [-0.2, 0) is 11.3 Å². The van der Waals surface area contributed by atoms with Gasteiger partial charge in [-0.25, -0.2) is 0 Å². The van der Waals surface area contributed by atoms with Gasteiger partial charge < -0.3 is 15.4 Å². The number of amides is 1. The summed E-state index contributed by atoms with van der Waals surface area (Å²) in [5, 5.41) is 0. The van der Waals surface area contributed by atoms with Crippen LogP contribution >= 0.6 is 0 Å². The minimum atomic E-state index is -0.462. The molecule has 1 atom stereocenters. The van der Waals surface area contributed by atoms with Crippen molar-refractivity contribution in [1.82, 2.24) is 0 Å². The SMILES string of the molecule is Cc1ccc(CN2C(=O)C(C(C)C)Oc3ccc(N)cc32)cc1. The van der Waals surface area contributed by atoms with Gasteiger partial charge in [0.15, 0.2) is 6.10 Å². The average molecular weight is 310 g/mol. The molecule has 0 radical (unpaired) electrons. The van der Waals surface area contributed by atoms with Crippen LogP contribution in [-0.4, -0.2) is 12.0 Å². The van der Waals surface area contributed by atoms with Gasteiger partial charge in [0.2, 0.25) is 0 Å². The summed E-state index contributed by atoms with van der Waals surface area (Å²) in [4.78, 5) is 14.7. The highest BCUT2D eigenvalue weighted by molar-refractivity contribution is 6.00. The van der Waals surface area contributed by atoms with Gasteiger partial charge in [-0.1, -0.05) is 43.7 Å². The maximum atomic E-state index is 12.9. The second kappa shape index (κ2) is 5.95. The molecule has 0 bridgehead atoms. The summed E-state index contributed by atoms with van der Waals surface area (Å²) in [7, 11) is 0. The van der Waals surface area contributed by atoms with Crippen molar-refractivity contribution in [2.24, 2.45) is 5.92 Å². The van der Waals surface area contributed by atoms with Gasteiger partial charge in [-0.2, -0.15) is 0 Å². The molecule has 120 valence electrons. The lowest BCUT2D eigenvalue weighted by molar-refractivity contribution is -0.128. The zero-order valence-corrected chi connectivity index (χ0v) is 13.7. The number of nitrogens with two attached hydrogens (primary N) is 1. The Labute approximate surface area is 136 Å². The topological polar surface area (TPSA) is 55.6 Å². The van der Waals surface area contributed by atoms with E-state index in [2.05, 4.69) is 31.2 Å². The maximum absolute atomic E-state index is 12.9. The van der Waals surface area contributed by atoms with E-state index < -0.39 is 6.10 Å². The van der Waals surface area contributed by atoms with Crippen LogP contribution in [0.5, 0.6) is 5.75 Å². The molecule has 1 aliphatic heterocycles. The normalized spacial score (nSPS) is 17.1. The van der Waals surface area contributed by atoms with Gasteiger partial charge in [0.05, 0.1) is 12.2 Å². The van der Waals surface area contributed by atoms with E-state index in [0.29, 0.717) is 18.0 Å². The highest BCUT2D eigenvalue weighted by atomic mass is 16.5. The van der Waals surface area contributed by atoms with Crippen LogP contribution in [0.25, 0.3) is 0 Å². The predicted octanol–water partition coefficient (Wildman–Crippen LogP) is 3.53. The monoisotopic (exact) mass is 310 g/mol. The van der Waals surface area contributed by atoms with Crippen molar-refractivity contribution >= 4 is 17.3 Å². The molecular weight excluding hydrogens is 288 g/mol. The number of hydrogen-bond acceptors (Lipinski definition) is 3. The van der Waals surface area contributed by atoms with Crippen molar-refractivity contribution in [2.45, 2.75) is 33.4 Å². The van der Waals surface area contributed by atoms with Gasteiger partial charge in [-0.3, -0.25) is 4.79 Å². The molecule has 0 aliphatic carbocycles. The third kappa shape index (κ3) is 3.02. The number of anilines is 2. The van der Waals surface area contributed by atoms with E-state index in [1.165, 1.54) is 5.56 Å². The second-order valence-corrected chi connectivity index (χ2v) is 6.42. The Morgan fingerprint density at radius 1 is 1.17 bits per heavy atom. The van der Waals surface area contributed by atoms with Crippen LogP contribution in [0.2, 0.25) is 0 Å². The van der Waals surface area contributed by atoms with Crippen LogP contribution in [0.4, 0.5) is 11.4 Å². The number of carbonyl (C=O) groups excluding carboxylic acids is 1. The Morgan fingerprint density at radius 2 is 1.87 bits per heavy atom. The number of fused-ring (bicyclic) bond motifs is 1. The minimum Gasteiger partial charge on any atom is -0.478 e. The molecule has 3 rings (SSSR count). The number of rotatable bonds is 3. The number of ether oxygens (including phenoxy) is 1. The van der Waals surface area contributed by atoms with Crippen molar-refractivity contribution in [3.05, 3.63) is 53.6 Å². The Bertz CT molecular complexity index is 723. The Hall–Kier alpha value is -2.49. The molecule has 1 unspecified atom stereocenters. The Morgan fingerprint density at radius 3 is 2.52 bits per heavy atom. The molecule has 1 aliphatic rings. The first-order chi connectivity index (χ1) is 11.0. The average Bonchev–Trinajstić information content (AvgIpc) is 2.51. The Balaban J connectivity index is 2.00. The van der Waals surface area contributed by atoms with Crippen LogP contribution in [0, 0.1) is 12.8 Å². The molecule has 1 heterocycles. The minimum absolute atomic E-state index is 0.0151. The van der Waals surface area contributed by atoms with E-state index in [0.717, 1.165) is 11.3 Å². The smallest absolute Gasteiger partial charge is 0.268 e. The molecule has 4 heteroatoms. The summed E-state index contributed by atoms with van der Waals surface area (Å²) in [5.41, 5.74) is 9.55. The molecule has 0 spiro atoms. The number of benzene rings is 2. The summed E-state index contributed by atoms with van der Waals surface area (Å²) in [6.45, 7) is 6.56. The van der Waals surface area contributed by atoms with E-state index in [4.69, 9.17) is 10.5 Å². The molecule has 4 nitrogen and oxygen atoms in total. The van der Waals surface area contributed by atoms with Crippen molar-refractivity contribution in [2.75, 3.05) is 10.6 Å². The third-order valence-corrected chi connectivity index (χ3v) is 4.10. The molecule has 2 aromatic rings. The van der Waals surface area contributed by atoms with E-state index in [-0.39, 0.29) is 11.8 Å². The zero-order chi connectivity index (χ0) is 16.6. The molecule has 0 saturated carbocycles. The number of nitrogens with zero attached hydrogens (tertiary/aromatic N) is 1. The standard InChI is InChI=1S/C19H22N2O2/c1-12(2)18-19(22)21(11-14-6-4-13(3)5-7-14)16-10-15(20)8-9-17(16)23-18/h4-10,12,18H,11,20H2,1-3H3. The van der Waals surface area contributed by atoms with Crippen LogP contribution in [0.15, 0.2) is 42.5 Å². The summed E-state index contributed by atoms with van der Waals surface area (Å²) in [6, 6.07) is 13.7. The molecule has 1 amide bonds. The van der Waals surface area contributed by atoms with E-state index >= 15 is 0 Å². The Kier molecular flexibility index (Phi) is 3.99. The van der Waals surface area contributed by atoms with Gasteiger partial charge in [0, 0.05) is 5.69 Å². The molecule has 2 N–H and O–H groups in total. The predicted molar refractivity (Wildman–Crippen MR) is 92.5 cm³/mol. The highest BCUT2D eigenvalue weighted by Gasteiger charge is 2.36. The second-order valence-electron chi connectivity index (χ2n) is 6.42. The van der Waals surface area contributed by atoms with Gasteiger partial charge in [0.25, 0.3) is 5.91 Å². The molecular formula is C19H22N2O2. The molecule has 0 saturated heterocycles. The molecule has 0 fully saturated rings. The maximum Gasteiger partial charge on any atom is 0.268 e. The summed E-state index contributed by atoms with van der Waals surface area (Å²) < 4.78 is 5.90. The molecule has 2 aromatic carbocycles. The molecule has 23 heavy (non-hydrogen) atoms. The van der Waals surface area contributed by atoms with E-state index in [1.807, 2.05) is 19.9 Å². The van der Waals surface area contributed by atoms with Crippen molar-refractivity contribution < 1.29 is 9.53 Å². The van der Waals surface area contributed by atoms with Crippen molar-refractivity contribution in [3.63, 3.8) is 0 Å². The fourth-order valence-electron chi connectivity index (χ4n) is 2.76. The van der Waals surface area contributed by atoms with E-state index in [1.54, 1.807) is 17.0 Å². The zero-order valence-electron chi connectivity index (χ0n) is 13.7. The lowest BCUT2D eigenvalue weighted by Gasteiger charge is -2.36. The highest BCUT2D eigenvalue weighted by Crippen LogP contribution is 2.38. The first kappa shape index (κ1) is 15.4. The quantitative estimate of drug-likeness (QED) is 0.882. The first-order valence-electron chi connectivity index (χ1n) is 7.89. The largest absolute Gasteiger partial charge is 0.478 e. The van der Waals surface area contributed by atoms with Gasteiger partial charge in [0.1, 0.15) is 5.75 Å². The number of carbonyl (C=O) groups is 1. The van der Waals surface area contributed by atoms with Crippen molar-refractivity contribution in [1.29, 1.82) is 0 Å². The molecule has 0 aromatic heterocycles. The third-order valence-electron chi connectivity index (χ3n) is 4.10. The number of nitrogen functional groups attached to an aromatic ring is 1. The van der Waals surface area contributed by atoms with Crippen LogP contribution < -0.4 is 15.4 Å². The first-order valence-corrected chi connectivity index (χ1v) is 7.89. The van der Waals surface area contributed by atoms with Gasteiger partial charge in [-0.15, -0.1) is 0 Å². The van der Waals surface area contributed by atoms with E-state index in [9.17, 15) is 4.79 Å². The summed E-state index contributed by atoms with van der Waals surface area (Å²) >= 11 is 0. The van der Waals surface area contributed by atoms with Crippen molar-refractivity contribution in [3.8, 4) is 5.75 Å². The van der Waals surface area contributed by atoms with Gasteiger partial charge >= 0.3 is 0 Å². The lowest BCUT2D eigenvalue weighted by Crippen LogP contribution is -2.48. The fourth-order valence-corrected chi connectivity index (χ4v) is 2.76. The number of hydrogen-bond donors (Lipinski definition) is 1. The number of aryl methyl sites for hydroxylation is 1. The van der Waals surface area contributed by atoms with Crippen LogP contribution in [0.3, 0.4) is 0 Å². The lowest BCUT2D eigenvalue weighted by atomic mass is 10.0. The van der Waals surface area contributed by atoms with Crippen LogP contribution in [0.1, 0.15) is 25.0 Å². The summed E-state index contributed by atoms with van der Waals surface area (Å²) in [5.74, 6) is 0.803.